The lowest BCUT2D eigenvalue weighted by molar-refractivity contribution is -0.144. The number of fused-ring (bicyclic) bond motifs is 1. The minimum Gasteiger partial charge on any atom is -1.00 e. The molecule has 0 amide bonds. The lowest BCUT2D eigenvalue weighted by Gasteiger charge is -2.05. The summed E-state index contributed by atoms with van der Waals surface area (Å²) in [5.74, 6) is -0.277. The summed E-state index contributed by atoms with van der Waals surface area (Å²) < 4.78 is 8.87. The van der Waals surface area contributed by atoms with Crippen LogP contribution < -0.4 is 18.0 Å². The lowest BCUT2D eigenvalue weighted by Crippen LogP contribution is -3.00. The molecule has 122 valence electrons. The molecule has 2 rings (SSSR count). The molecule has 0 aliphatic heterocycles. The van der Waals surface area contributed by atoms with Crippen LogP contribution in [0.1, 0.15) is 33.1 Å². The van der Waals surface area contributed by atoms with E-state index in [-0.39, 0.29) is 24.9 Å². The molecule has 0 saturated heterocycles. The average molecular weight is 325 g/mol. The van der Waals surface area contributed by atoms with Gasteiger partial charge in [0.2, 0.25) is 5.62 Å². The Hall–Kier alpha value is -1.75. The summed E-state index contributed by atoms with van der Waals surface area (Å²) in [6, 6.07) is 7.82. The number of aromatic nitrogens is 2. The highest BCUT2D eigenvalue weighted by Crippen LogP contribution is 2.13. The van der Waals surface area contributed by atoms with Crippen LogP contribution in [0.25, 0.3) is 11.0 Å². The number of esters is 1. The summed E-state index contributed by atoms with van der Waals surface area (Å²) >= 11 is 0. The first kappa shape index (κ1) is 18.3. The van der Waals surface area contributed by atoms with Crippen molar-refractivity contribution in [1.82, 2.24) is 9.13 Å². The van der Waals surface area contributed by atoms with Crippen molar-refractivity contribution in [3.05, 3.63) is 29.9 Å². The van der Waals surface area contributed by atoms with Gasteiger partial charge in [0, 0.05) is 6.54 Å². The van der Waals surface area contributed by atoms with Crippen LogP contribution in [0.2, 0.25) is 0 Å². The summed E-state index contributed by atoms with van der Waals surface area (Å²) in [5.41, 5.74) is 2.25. The van der Waals surface area contributed by atoms with Crippen LogP contribution in [0.15, 0.2) is 24.3 Å². The van der Waals surface area contributed by atoms with Gasteiger partial charge in [-0.15, -0.1) is 0 Å². The third-order valence-electron chi connectivity index (χ3n) is 3.47. The molecule has 0 spiro atoms. The van der Waals surface area contributed by atoms with Gasteiger partial charge in [-0.1, -0.05) is 32.4 Å². The Balaban J connectivity index is 0.00000242. The second-order valence-electron chi connectivity index (χ2n) is 5.12. The Morgan fingerprint density at radius 2 is 1.77 bits per heavy atom. The second-order valence-corrected chi connectivity index (χ2v) is 5.12. The predicted molar refractivity (Wildman–Crippen MR) is 81.9 cm³/mol. The molecule has 0 saturated carbocycles. The van der Waals surface area contributed by atoms with Crippen molar-refractivity contribution >= 4 is 17.0 Å². The van der Waals surface area contributed by atoms with Crippen molar-refractivity contribution in [3.8, 4) is 0 Å². The van der Waals surface area contributed by atoms with Crippen molar-refractivity contribution in [2.75, 3.05) is 6.61 Å². The third kappa shape index (κ3) is 3.91. The van der Waals surface area contributed by atoms with E-state index in [0.717, 1.165) is 36.8 Å². The molecular weight excluding hydrogens is 302 g/mol. The van der Waals surface area contributed by atoms with Gasteiger partial charge in [0.25, 0.3) is 0 Å². The lowest BCUT2D eigenvalue weighted by atomic mass is 10.3. The van der Waals surface area contributed by atoms with Crippen LogP contribution in [0.5, 0.6) is 0 Å². The molecule has 0 bridgehead atoms. The van der Waals surface area contributed by atoms with Crippen LogP contribution in [0.4, 0.5) is 0 Å². The number of benzene rings is 1. The molecule has 1 heterocycles. The summed E-state index contributed by atoms with van der Waals surface area (Å²) in [6.45, 7) is 5.47. The summed E-state index contributed by atoms with van der Waals surface area (Å²) in [7, 11) is 0. The summed E-state index contributed by atoms with van der Waals surface area (Å²) in [6.07, 6.45) is 2.83. The quantitative estimate of drug-likeness (QED) is 0.560. The number of nitrogens with one attached hydrogen (secondary N) is 1. The van der Waals surface area contributed by atoms with Gasteiger partial charge in [0.05, 0.1) is 17.6 Å². The Bertz CT molecular complexity index is 676. The monoisotopic (exact) mass is 324 g/mol. The molecule has 1 N–H and O–H groups in total. The maximum atomic E-state index is 11.9. The van der Waals surface area contributed by atoms with Gasteiger partial charge in [-0.25, -0.2) is 0 Å². The Morgan fingerprint density at radius 1 is 1.14 bits per heavy atom. The van der Waals surface area contributed by atoms with Crippen molar-refractivity contribution in [3.63, 3.8) is 0 Å². The molecule has 2 aromatic rings. The molecule has 0 aliphatic carbocycles. The van der Waals surface area contributed by atoms with Crippen LogP contribution in [0, 0.1) is 5.41 Å². The predicted octanol–water partition coefficient (Wildman–Crippen LogP) is -0.320. The van der Waals surface area contributed by atoms with Crippen molar-refractivity contribution in [2.45, 2.75) is 46.2 Å². The number of nitrogens with zero attached hydrogens (tertiary/aromatic N) is 2. The molecule has 0 aliphatic rings. The van der Waals surface area contributed by atoms with Crippen molar-refractivity contribution < 1.29 is 21.9 Å². The molecule has 0 atom stereocenters. The molecule has 22 heavy (non-hydrogen) atoms. The number of para-hydroxylation sites is 2. The van der Waals surface area contributed by atoms with Crippen LogP contribution in [-0.2, 0) is 22.6 Å². The van der Waals surface area contributed by atoms with Gasteiger partial charge >= 0.3 is 5.97 Å². The average Bonchev–Trinajstić information content (AvgIpc) is 2.74. The van der Waals surface area contributed by atoms with Crippen LogP contribution >= 0.6 is 0 Å². The first-order valence-electron chi connectivity index (χ1n) is 7.57. The normalized spacial score (nSPS) is 10.5. The number of imidazole rings is 1. The minimum atomic E-state index is -0.277. The highest BCUT2D eigenvalue weighted by atomic mass is 35.5. The largest absolute Gasteiger partial charge is 1.00 e. The van der Waals surface area contributed by atoms with Gasteiger partial charge < -0.3 is 21.7 Å². The zero-order chi connectivity index (χ0) is 15.2. The highest BCUT2D eigenvalue weighted by molar-refractivity contribution is 5.78. The first-order valence-corrected chi connectivity index (χ1v) is 7.57. The second kappa shape index (κ2) is 8.63. The standard InChI is InChI=1S/C16H23N3O2.ClH/c1-3-5-11-21-15(20)12-19-14-9-7-6-8-13(14)18(10-4-2)16(19)17;/h6-9,17H,3-5,10-12H2,1-2H3;1H/p-1. The molecular formula is C16H23ClN3O2-. The number of aryl methyl sites for hydroxylation is 1. The van der Waals surface area contributed by atoms with E-state index in [2.05, 4.69) is 13.8 Å². The number of hydrogen-bond donors (Lipinski definition) is 1. The maximum Gasteiger partial charge on any atom is 0.326 e. The Labute approximate surface area is 136 Å². The molecule has 5 nitrogen and oxygen atoms in total. The fourth-order valence-electron chi connectivity index (χ4n) is 2.41. The van der Waals surface area contributed by atoms with Crippen LogP contribution in [0.3, 0.4) is 0 Å². The minimum absolute atomic E-state index is 0. The van der Waals surface area contributed by atoms with Gasteiger partial charge in [0.15, 0.2) is 0 Å². The van der Waals surface area contributed by atoms with E-state index in [1.807, 2.05) is 28.8 Å². The number of carbonyl (C=O) groups excluding carboxylic acids is 1. The van der Waals surface area contributed by atoms with Crippen molar-refractivity contribution in [1.29, 1.82) is 5.41 Å². The summed E-state index contributed by atoms with van der Waals surface area (Å²) in [4.78, 5) is 11.9. The number of ether oxygens (including phenoxy) is 1. The molecule has 6 heteroatoms. The van der Waals surface area contributed by atoms with Gasteiger partial charge in [-0.2, -0.15) is 0 Å². The number of hydrogen-bond acceptors (Lipinski definition) is 3. The van der Waals surface area contributed by atoms with Gasteiger partial charge in [0.1, 0.15) is 6.54 Å². The topological polar surface area (TPSA) is 60.0 Å². The number of rotatable bonds is 7. The molecule has 0 radical (unpaired) electrons. The molecule has 0 unspecified atom stereocenters. The smallest absolute Gasteiger partial charge is 0.326 e. The number of unbranched alkanes of at least 4 members (excludes halogenated alkanes) is 1. The van der Waals surface area contributed by atoms with E-state index < -0.39 is 0 Å². The fraction of sp³-hybridized carbons (Fsp3) is 0.500. The van der Waals surface area contributed by atoms with E-state index in [4.69, 9.17) is 10.1 Å². The van der Waals surface area contributed by atoms with Crippen molar-refractivity contribution in [2.24, 2.45) is 0 Å². The van der Waals surface area contributed by atoms with E-state index in [0.29, 0.717) is 12.2 Å². The summed E-state index contributed by atoms with van der Waals surface area (Å²) in [5, 5.41) is 8.30. The van der Waals surface area contributed by atoms with E-state index in [1.165, 1.54) is 0 Å². The van der Waals surface area contributed by atoms with Gasteiger partial charge in [-0.05, 0) is 25.0 Å². The van der Waals surface area contributed by atoms with E-state index in [9.17, 15) is 4.79 Å². The third-order valence-corrected chi connectivity index (χ3v) is 3.47. The maximum absolute atomic E-state index is 11.9. The number of halogens is 1. The first-order chi connectivity index (χ1) is 10.2. The van der Waals surface area contributed by atoms with E-state index in [1.54, 1.807) is 4.57 Å². The molecule has 1 aromatic carbocycles. The number of carbonyl (C=O) groups is 1. The van der Waals surface area contributed by atoms with Gasteiger partial charge in [-0.3, -0.25) is 14.8 Å². The molecule has 0 fully saturated rings. The SMILES string of the molecule is CCCCOC(=O)Cn1c(=N)n(CCC)c2ccccc21.[Cl-]. The zero-order valence-corrected chi connectivity index (χ0v) is 13.9. The highest BCUT2D eigenvalue weighted by Gasteiger charge is 2.13. The Kier molecular flexibility index (Phi) is 7.18. The van der Waals surface area contributed by atoms with Crippen LogP contribution in [-0.4, -0.2) is 21.7 Å². The molecule has 1 aromatic heterocycles. The zero-order valence-electron chi connectivity index (χ0n) is 13.1. The fourth-order valence-corrected chi connectivity index (χ4v) is 2.41. The Morgan fingerprint density at radius 3 is 2.36 bits per heavy atom. The van der Waals surface area contributed by atoms with E-state index >= 15 is 0 Å².